The molecule has 2 aromatic rings. The maximum Gasteiger partial charge on any atom is 0.130 e. The minimum atomic E-state index is -0.546. The summed E-state index contributed by atoms with van der Waals surface area (Å²) >= 11 is 0. The summed E-state index contributed by atoms with van der Waals surface area (Å²) in [5, 5.41) is 10.3. The van der Waals surface area contributed by atoms with Crippen LogP contribution in [-0.4, -0.2) is 19.3 Å². The number of methoxy groups -OCH3 is 2. The van der Waals surface area contributed by atoms with Gasteiger partial charge in [0.05, 0.1) is 20.3 Å². The minimum absolute atomic E-state index is 0.264. The van der Waals surface area contributed by atoms with Crippen molar-refractivity contribution in [2.75, 3.05) is 14.2 Å². The molecule has 0 aliphatic carbocycles. The van der Waals surface area contributed by atoms with Crippen molar-refractivity contribution in [2.24, 2.45) is 0 Å². The van der Waals surface area contributed by atoms with E-state index < -0.39 is 6.10 Å². The molecule has 0 amide bonds. The Bertz CT molecular complexity index is 638. The molecule has 0 spiro atoms. The highest BCUT2D eigenvalue weighted by Gasteiger charge is 2.29. The maximum atomic E-state index is 10.3. The second-order valence-electron chi connectivity index (χ2n) is 5.00. The second kappa shape index (κ2) is 5.66. The zero-order chi connectivity index (χ0) is 14.8. The molecule has 4 heteroatoms. The summed E-state index contributed by atoms with van der Waals surface area (Å²) in [6.45, 7) is 0. The Morgan fingerprint density at radius 3 is 2.62 bits per heavy atom. The first-order valence-corrected chi connectivity index (χ1v) is 6.88. The van der Waals surface area contributed by atoms with Gasteiger partial charge in [-0.3, -0.25) is 0 Å². The molecule has 0 saturated carbocycles. The van der Waals surface area contributed by atoms with Crippen LogP contribution in [0.5, 0.6) is 17.2 Å². The Hall–Kier alpha value is -2.20. The molecular formula is C17H18O4. The van der Waals surface area contributed by atoms with E-state index in [0.29, 0.717) is 12.2 Å². The fourth-order valence-electron chi connectivity index (χ4n) is 2.68. The third kappa shape index (κ3) is 2.54. The smallest absolute Gasteiger partial charge is 0.130 e. The van der Waals surface area contributed by atoms with Crippen LogP contribution < -0.4 is 14.2 Å². The van der Waals surface area contributed by atoms with Crippen LogP contribution in [0.3, 0.4) is 0 Å². The monoisotopic (exact) mass is 286 g/mol. The second-order valence-corrected chi connectivity index (χ2v) is 5.00. The average molecular weight is 286 g/mol. The fourth-order valence-corrected chi connectivity index (χ4v) is 2.68. The highest BCUT2D eigenvalue weighted by Crippen LogP contribution is 2.43. The molecule has 1 aliphatic rings. The zero-order valence-corrected chi connectivity index (χ0v) is 12.1. The number of para-hydroxylation sites is 1. The lowest BCUT2D eigenvalue weighted by Crippen LogP contribution is -2.19. The van der Waals surface area contributed by atoms with Gasteiger partial charge in [0.25, 0.3) is 0 Å². The van der Waals surface area contributed by atoms with Crippen molar-refractivity contribution in [3.8, 4) is 17.2 Å². The molecule has 1 unspecified atom stereocenters. The molecule has 0 fully saturated rings. The van der Waals surface area contributed by atoms with Gasteiger partial charge in [0.1, 0.15) is 23.4 Å². The summed E-state index contributed by atoms with van der Waals surface area (Å²) in [6, 6.07) is 13.1. The number of fused-ring (bicyclic) bond motifs is 1. The van der Waals surface area contributed by atoms with Gasteiger partial charge in [-0.1, -0.05) is 18.2 Å². The normalized spacial score (nSPS) is 20.3. The maximum absolute atomic E-state index is 10.3. The topological polar surface area (TPSA) is 47.9 Å². The molecule has 4 nitrogen and oxygen atoms in total. The van der Waals surface area contributed by atoms with Crippen molar-refractivity contribution >= 4 is 0 Å². The molecule has 1 aliphatic heterocycles. The first-order chi connectivity index (χ1) is 10.2. The molecule has 21 heavy (non-hydrogen) atoms. The number of hydrogen-bond donors (Lipinski definition) is 1. The van der Waals surface area contributed by atoms with Crippen LogP contribution in [0.1, 0.15) is 29.8 Å². The Balaban J connectivity index is 1.99. The standard InChI is InChI=1S/C17H18O4/c1-19-11-7-8-15(20-2)13(9-11)17-10-14(18)12-5-3-4-6-16(12)21-17/h3-9,14,17-18H,10H2,1-2H3/t14-,17?/m0/s1. The summed E-state index contributed by atoms with van der Waals surface area (Å²) in [6.07, 6.45) is -0.323. The predicted octanol–water partition coefficient (Wildman–Crippen LogP) is 3.26. The minimum Gasteiger partial charge on any atom is -0.497 e. The van der Waals surface area contributed by atoms with Gasteiger partial charge in [-0.05, 0) is 24.3 Å². The summed E-state index contributed by atoms with van der Waals surface area (Å²) in [5.74, 6) is 2.18. The van der Waals surface area contributed by atoms with Crippen molar-refractivity contribution in [2.45, 2.75) is 18.6 Å². The van der Waals surface area contributed by atoms with E-state index in [4.69, 9.17) is 14.2 Å². The molecule has 0 radical (unpaired) electrons. The summed E-state index contributed by atoms with van der Waals surface area (Å²) < 4.78 is 16.7. The van der Waals surface area contributed by atoms with Gasteiger partial charge in [-0.25, -0.2) is 0 Å². The average Bonchev–Trinajstić information content (AvgIpc) is 2.54. The highest BCUT2D eigenvalue weighted by atomic mass is 16.5. The Labute approximate surface area is 123 Å². The van der Waals surface area contributed by atoms with Crippen molar-refractivity contribution in [1.29, 1.82) is 0 Å². The number of rotatable bonds is 3. The summed E-state index contributed by atoms with van der Waals surface area (Å²) in [4.78, 5) is 0. The molecule has 0 saturated heterocycles. The van der Waals surface area contributed by atoms with E-state index >= 15 is 0 Å². The highest BCUT2D eigenvalue weighted by molar-refractivity contribution is 5.44. The summed E-state index contributed by atoms with van der Waals surface area (Å²) in [5.41, 5.74) is 1.71. The van der Waals surface area contributed by atoms with Crippen LogP contribution in [0.4, 0.5) is 0 Å². The van der Waals surface area contributed by atoms with Crippen molar-refractivity contribution < 1.29 is 19.3 Å². The SMILES string of the molecule is COc1ccc(OC)c(C2C[C@H](O)c3ccccc3O2)c1. The van der Waals surface area contributed by atoms with Gasteiger partial charge in [0.2, 0.25) is 0 Å². The Morgan fingerprint density at radius 1 is 1.05 bits per heavy atom. The molecule has 2 atom stereocenters. The predicted molar refractivity (Wildman–Crippen MR) is 78.9 cm³/mol. The van der Waals surface area contributed by atoms with E-state index in [1.807, 2.05) is 42.5 Å². The van der Waals surface area contributed by atoms with Crippen LogP contribution in [0.25, 0.3) is 0 Å². The molecule has 110 valence electrons. The lowest BCUT2D eigenvalue weighted by atomic mass is 9.94. The third-order valence-corrected chi connectivity index (χ3v) is 3.77. The van der Waals surface area contributed by atoms with Crippen LogP contribution in [0, 0.1) is 0 Å². The van der Waals surface area contributed by atoms with E-state index in [9.17, 15) is 5.11 Å². The third-order valence-electron chi connectivity index (χ3n) is 3.77. The van der Waals surface area contributed by atoms with Crippen LogP contribution >= 0.6 is 0 Å². The van der Waals surface area contributed by atoms with E-state index in [2.05, 4.69) is 0 Å². The largest absolute Gasteiger partial charge is 0.497 e. The van der Waals surface area contributed by atoms with Gasteiger partial charge in [-0.2, -0.15) is 0 Å². The van der Waals surface area contributed by atoms with E-state index in [-0.39, 0.29) is 6.10 Å². The summed E-state index contributed by atoms with van der Waals surface area (Å²) in [7, 11) is 3.25. The van der Waals surface area contributed by atoms with Gasteiger partial charge in [0, 0.05) is 17.5 Å². The quantitative estimate of drug-likeness (QED) is 0.941. The van der Waals surface area contributed by atoms with Gasteiger partial charge in [0.15, 0.2) is 0 Å². The lowest BCUT2D eigenvalue weighted by Gasteiger charge is -2.30. The molecule has 0 aromatic heterocycles. The molecule has 0 bridgehead atoms. The van der Waals surface area contributed by atoms with Gasteiger partial charge >= 0.3 is 0 Å². The van der Waals surface area contributed by atoms with Crippen molar-refractivity contribution in [3.63, 3.8) is 0 Å². The molecule has 1 N–H and O–H groups in total. The molecule has 2 aromatic carbocycles. The fraction of sp³-hybridized carbons (Fsp3) is 0.294. The lowest BCUT2D eigenvalue weighted by molar-refractivity contribution is 0.0644. The van der Waals surface area contributed by atoms with Crippen molar-refractivity contribution in [1.82, 2.24) is 0 Å². The number of aliphatic hydroxyl groups is 1. The Kier molecular flexibility index (Phi) is 3.71. The van der Waals surface area contributed by atoms with Crippen LogP contribution in [0.15, 0.2) is 42.5 Å². The van der Waals surface area contributed by atoms with E-state index in [1.54, 1.807) is 14.2 Å². The van der Waals surface area contributed by atoms with Crippen molar-refractivity contribution in [3.05, 3.63) is 53.6 Å². The van der Waals surface area contributed by atoms with Crippen LogP contribution in [-0.2, 0) is 0 Å². The van der Waals surface area contributed by atoms with E-state index in [0.717, 1.165) is 22.6 Å². The van der Waals surface area contributed by atoms with Crippen LogP contribution in [0.2, 0.25) is 0 Å². The molecule has 1 heterocycles. The van der Waals surface area contributed by atoms with Gasteiger partial charge < -0.3 is 19.3 Å². The zero-order valence-electron chi connectivity index (χ0n) is 12.1. The Morgan fingerprint density at radius 2 is 1.86 bits per heavy atom. The number of aliphatic hydroxyl groups excluding tert-OH is 1. The van der Waals surface area contributed by atoms with E-state index in [1.165, 1.54) is 0 Å². The first-order valence-electron chi connectivity index (χ1n) is 6.88. The number of hydrogen-bond acceptors (Lipinski definition) is 4. The molecule has 3 rings (SSSR count). The number of benzene rings is 2. The first kappa shape index (κ1) is 13.8. The van der Waals surface area contributed by atoms with Gasteiger partial charge in [-0.15, -0.1) is 0 Å². The molecular weight excluding hydrogens is 268 g/mol. The number of ether oxygens (including phenoxy) is 3.